The van der Waals surface area contributed by atoms with Crippen LogP contribution in [0.4, 0.5) is 0 Å². The summed E-state index contributed by atoms with van der Waals surface area (Å²) in [5.41, 5.74) is -0.318. The fourth-order valence-electron chi connectivity index (χ4n) is 1.62. The Morgan fingerprint density at radius 3 is 2.41 bits per heavy atom. The molecule has 1 N–H and O–H groups in total. The maximum atomic E-state index is 10.0. The molecule has 0 aromatic rings. The molecule has 4 nitrogen and oxygen atoms in total. The summed E-state index contributed by atoms with van der Waals surface area (Å²) in [6.07, 6.45) is 5.43. The molecule has 17 heavy (non-hydrogen) atoms. The first-order valence-corrected chi connectivity index (χ1v) is 6.25. The monoisotopic (exact) mass is 243 g/mol. The molecular weight excluding hydrogens is 218 g/mol. The zero-order chi connectivity index (χ0) is 13.1. The third-order valence-electron chi connectivity index (χ3n) is 2.49. The molecule has 1 heterocycles. The second-order valence-electron chi connectivity index (χ2n) is 5.28. The van der Waals surface area contributed by atoms with Gasteiger partial charge in [0.15, 0.2) is 0 Å². The van der Waals surface area contributed by atoms with Gasteiger partial charge in [-0.2, -0.15) is 0 Å². The summed E-state index contributed by atoms with van der Waals surface area (Å²) in [7, 11) is 0. The van der Waals surface area contributed by atoms with E-state index < -0.39 is 0 Å². The highest BCUT2D eigenvalue weighted by Crippen LogP contribution is 2.14. The van der Waals surface area contributed by atoms with Crippen molar-refractivity contribution in [2.75, 3.05) is 13.1 Å². The third kappa shape index (κ3) is 11.4. The van der Waals surface area contributed by atoms with Gasteiger partial charge in [0.2, 0.25) is 0 Å². The number of aldehydes is 1. The van der Waals surface area contributed by atoms with Gasteiger partial charge in [-0.1, -0.05) is 0 Å². The predicted octanol–water partition coefficient (Wildman–Crippen LogP) is 1.92. The van der Waals surface area contributed by atoms with Crippen molar-refractivity contribution in [1.82, 2.24) is 5.32 Å². The van der Waals surface area contributed by atoms with Crippen molar-refractivity contribution in [3.63, 3.8) is 0 Å². The molecule has 0 radical (unpaired) electrons. The molecule has 1 atom stereocenters. The second kappa shape index (κ2) is 9.16. The molecule has 1 saturated heterocycles. The molecule has 0 aromatic carbocycles. The lowest BCUT2D eigenvalue weighted by atomic mass is 9.95. The first-order chi connectivity index (χ1) is 7.99. The summed E-state index contributed by atoms with van der Waals surface area (Å²) in [5.74, 6) is 0.763. The van der Waals surface area contributed by atoms with Crippen LogP contribution < -0.4 is 5.32 Å². The van der Waals surface area contributed by atoms with E-state index in [1.165, 1.54) is 12.8 Å². The lowest BCUT2D eigenvalue weighted by Gasteiger charge is -2.21. The minimum absolute atomic E-state index is 0.318. The topological polar surface area (TPSA) is 55.4 Å². The SMILES string of the molecule is CC(C)(C)OC=O.O=CCCC1CCCNC1. The van der Waals surface area contributed by atoms with Crippen molar-refractivity contribution in [1.29, 1.82) is 0 Å². The number of hydrogen-bond donors (Lipinski definition) is 1. The molecule has 1 fully saturated rings. The van der Waals surface area contributed by atoms with Gasteiger partial charge in [-0.3, -0.25) is 4.79 Å². The smallest absolute Gasteiger partial charge is 0.293 e. The van der Waals surface area contributed by atoms with E-state index >= 15 is 0 Å². The minimum Gasteiger partial charge on any atom is -0.462 e. The van der Waals surface area contributed by atoms with E-state index in [1.807, 2.05) is 20.8 Å². The maximum Gasteiger partial charge on any atom is 0.293 e. The number of piperidine rings is 1. The van der Waals surface area contributed by atoms with Crippen molar-refractivity contribution in [2.24, 2.45) is 5.92 Å². The normalized spacial score (nSPS) is 19.8. The van der Waals surface area contributed by atoms with Crippen molar-refractivity contribution in [3.8, 4) is 0 Å². The summed E-state index contributed by atoms with van der Waals surface area (Å²) < 4.78 is 4.55. The Kier molecular flexibility index (Phi) is 8.68. The summed E-state index contributed by atoms with van der Waals surface area (Å²) in [6.45, 7) is 8.20. The van der Waals surface area contributed by atoms with E-state index in [0.717, 1.165) is 38.1 Å². The van der Waals surface area contributed by atoms with Gasteiger partial charge in [-0.05, 0) is 59.0 Å². The van der Waals surface area contributed by atoms with E-state index in [-0.39, 0.29) is 5.60 Å². The Labute approximate surface area is 104 Å². The number of carbonyl (C=O) groups is 2. The van der Waals surface area contributed by atoms with Crippen LogP contribution in [0.25, 0.3) is 0 Å². The molecule has 1 rings (SSSR count). The molecule has 0 aromatic heterocycles. The molecule has 0 bridgehead atoms. The van der Waals surface area contributed by atoms with Crippen LogP contribution in [0.15, 0.2) is 0 Å². The van der Waals surface area contributed by atoms with E-state index in [4.69, 9.17) is 0 Å². The number of ether oxygens (including phenoxy) is 1. The molecule has 0 spiro atoms. The number of nitrogens with one attached hydrogen (secondary N) is 1. The highest BCUT2D eigenvalue weighted by atomic mass is 16.5. The third-order valence-corrected chi connectivity index (χ3v) is 2.49. The standard InChI is InChI=1S/C8H15NO.C5H10O2/c10-6-2-4-8-3-1-5-9-7-8;1-5(2,3)7-4-6/h6,8-9H,1-5,7H2;4H,1-3H3. The molecule has 0 amide bonds. The molecular formula is C13H25NO3. The van der Waals surface area contributed by atoms with Crippen molar-refractivity contribution >= 4 is 12.8 Å². The number of carbonyl (C=O) groups excluding carboxylic acids is 2. The Morgan fingerprint density at radius 2 is 2.06 bits per heavy atom. The van der Waals surface area contributed by atoms with Gasteiger partial charge in [0.25, 0.3) is 6.47 Å². The fraction of sp³-hybridized carbons (Fsp3) is 0.846. The Bertz CT molecular complexity index is 205. The highest BCUT2D eigenvalue weighted by molar-refractivity contribution is 5.49. The molecule has 0 saturated carbocycles. The van der Waals surface area contributed by atoms with Crippen molar-refractivity contribution in [3.05, 3.63) is 0 Å². The second-order valence-corrected chi connectivity index (χ2v) is 5.28. The van der Waals surface area contributed by atoms with E-state index in [9.17, 15) is 9.59 Å². The lowest BCUT2D eigenvalue weighted by molar-refractivity contribution is -0.138. The largest absolute Gasteiger partial charge is 0.462 e. The quantitative estimate of drug-likeness (QED) is 0.766. The van der Waals surface area contributed by atoms with Crippen LogP contribution in [0, 0.1) is 5.92 Å². The minimum atomic E-state index is -0.318. The highest BCUT2D eigenvalue weighted by Gasteiger charge is 2.11. The number of hydrogen-bond acceptors (Lipinski definition) is 4. The van der Waals surface area contributed by atoms with Gasteiger partial charge in [0.05, 0.1) is 0 Å². The van der Waals surface area contributed by atoms with Crippen molar-refractivity contribution < 1.29 is 14.3 Å². The van der Waals surface area contributed by atoms with Gasteiger partial charge in [0.1, 0.15) is 11.9 Å². The zero-order valence-electron chi connectivity index (χ0n) is 11.2. The first-order valence-electron chi connectivity index (χ1n) is 6.25. The first kappa shape index (κ1) is 16.1. The van der Waals surface area contributed by atoms with Crippen molar-refractivity contribution in [2.45, 2.75) is 52.1 Å². The molecule has 100 valence electrons. The number of rotatable bonds is 4. The Balaban J connectivity index is 0.000000325. The molecule has 1 aliphatic rings. The average Bonchev–Trinajstić information content (AvgIpc) is 2.27. The van der Waals surface area contributed by atoms with E-state index in [0.29, 0.717) is 6.47 Å². The average molecular weight is 243 g/mol. The molecule has 4 heteroatoms. The van der Waals surface area contributed by atoms with Crippen LogP contribution in [0.1, 0.15) is 46.5 Å². The maximum absolute atomic E-state index is 10.0. The Morgan fingerprint density at radius 1 is 1.35 bits per heavy atom. The van der Waals surface area contributed by atoms with Crippen LogP contribution in [-0.4, -0.2) is 31.4 Å². The van der Waals surface area contributed by atoms with Gasteiger partial charge >= 0.3 is 0 Å². The summed E-state index contributed by atoms with van der Waals surface area (Å²) in [6, 6.07) is 0. The van der Waals surface area contributed by atoms with Gasteiger partial charge in [0, 0.05) is 6.42 Å². The fourth-order valence-corrected chi connectivity index (χ4v) is 1.62. The summed E-state index contributed by atoms with van der Waals surface area (Å²) in [4.78, 5) is 19.6. The van der Waals surface area contributed by atoms with Crippen LogP contribution in [0.2, 0.25) is 0 Å². The van der Waals surface area contributed by atoms with Crippen LogP contribution in [0.3, 0.4) is 0 Å². The molecule has 1 unspecified atom stereocenters. The lowest BCUT2D eigenvalue weighted by Crippen LogP contribution is -2.29. The van der Waals surface area contributed by atoms with Gasteiger partial charge in [-0.15, -0.1) is 0 Å². The molecule has 1 aliphatic heterocycles. The predicted molar refractivity (Wildman–Crippen MR) is 67.8 cm³/mol. The van der Waals surface area contributed by atoms with E-state index in [2.05, 4.69) is 10.1 Å². The summed E-state index contributed by atoms with van der Waals surface area (Å²) in [5, 5.41) is 3.33. The van der Waals surface area contributed by atoms with Crippen LogP contribution in [-0.2, 0) is 14.3 Å². The molecule has 0 aliphatic carbocycles. The van der Waals surface area contributed by atoms with E-state index in [1.54, 1.807) is 0 Å². The van der Waals surface area contributed by atoms with Crippen LogP contribution in [0.5, 0.6) is 0 Å². The van der Waals surface area contributed by atoms with Crippen LogP contribution >= 0.6 is 0 Å². The van der Waals surface area contributed by atoms with Gasteiger partial charge < -0.3 is 14.8 Å². The van der Waals surface area contributed by atoms with Gasteiger partial charge in [-0.25, -0.2) is 0 Å². The Hall–Kier alpha value is -0.900. The summed E-state index contributed by atoms with van der Waals surface area (Å²) >= 11 is 0. The zero-order valence-corrected chi connectivity index (χ0v) is 11.2.